The molecule has 1 rings (SSSR count). The first-order valence-electron chi connectivity index (χ1n) is 27.9. The molecule has 1 aliphatic carbocycles. The Morgan fingerprint density at radius 3 is 1.05 bits per heavy atom. The Balaban J connectivity index is 2.24. The second-order valence-corrected chi connectivity index (χ2v) is 21.2. The van der Waals surface area contributed by atoms with Gasteiger partial charge >= 0.3 is 13.8 Å². The van der Waals surface area contributed by atoms with Crippen LogP contribution in [-0.2, 0) is 27.9 Å². The van der Waals surface area contributed by atoms with E-state index in [4.69, 9.17) is 18.5 Å². The highest BCUT2D eigenvalue weighted by Crippen LogP contribution is 2.47. The van der Waals surface area contributed by atoms with Crippen molar-refractivity contribution in [3.8, 4) is 0 Å². The van der Waals surface area contributed by atoms with Crippen LogP contribution in [0.5, 0.6) is 0 Å². The predicted octanol–water partition coefficient (Wildman–Crippen LogP) is 12.9. The molecule has 6 unspecified atom stereocenters. The van der Waals surface area contributed by atoms with E-state index in [-0.39, 0.29) is 13.0 Å². The minimum Gasteiger partial charge on any atom is -0.457 e. The second kappa shape index (κ2) is 44.3. The van der Waals surface area contributed by atoms with Gasteiger partial charge < -0.3 is 39.9 Å². The largest absolute Gasteiger partial charge is 0.472 e. The van der Waals surface area contributed by atoms with Crippen molar-refractivity contribution in [2.45, 2.75) is 313 Å². The molecule has 394 valence electrons. The van der Waals surface area contributed by atoms with Gasteiger partial charge in [-0.05, 0) is 12.8 Å². The summed E-state index contributed by atoms with van der Waals surface area (Å²) in [7, 11) is -5.01. The zero-order valence-electron chi connectivity index (χ0n) is 42.5. The number of aliphatic hydroxyl groups is 5. The lowest BCUT2D eigenvalue weighted by Crippen LogP contribution is -2.64. The molecule has 66 heavy (non-hydrogen) atoms. The van der Waals surface area contributed by atoms with Crippen molar-refractivity contribution >= 4 is 13.8 Å². The average Bonchev–Trinajstić information content (AvgIpc) is 3.30. The zero-order valence-corrected chi connectivity index (χ0v) is 43.4. The molecule has 0 aromatic heterocycles. The average molecular weight is 965 g/mol. The monoisotopic (exact) mass is 965 g/mol. The fourth-order valence-corrected chi connectivity index (χ4v) is 10.0. The van der Waals surface area contributed by atoms with Crippen LogP contribution in [0.15, 0.2) is 0 Å². The van der Waals surface area contributed by atoms with Crippen molar-refractivity contribution in [1.82, 2.24) is 0 Å². The number of ether oxygens (including phenoxy) is 2. The molecule has 8 atom stereocenters. The van der Waals surface area contributed by atoms with Crippen LogP contribution < -0.4 is 0 Å². The highest BCUT2D eigenvalue weighted by Gasteiger charge is 2.51. The van der Waals surface area contributed by atoms with Gasteiger partial charge in [-0.2, -0.15) is 0 Å². The Hall–Kier alpha value is -0.660. The summed E-state index contributed by atoms with van der Waals surface area (Å²) in [5.74, 6) is -0.468. The van der Waals surface area contributed by atoms with Gasteiger partial charge in [-0.25, -0.2) is 4.57 Å². The Kier molecular flexibility index (Phi) is 42.5. The molecule has 0 spiro atoms. The molecule has 12 nitrogen and oxygen atoms in total. The van der Waals surface area contributed by atoms with E-state index in [1.165, 1.54) is 205 Å². The van der Waals surface area contributed by atoms with E-state index in [2.05, 4.69) is 13.8 Å². The summed E-state index contributed by atoms with van der Waals surface area (Å²) in [5, 5.41) is 50.3. The maximum absolute atomic E-state index is 12.9. The third-order valence-electron chi connectivity index (χ3n) is 13.5. The first-order valence-corrected chi connectivity index (χ1v) is 29.4. The summed E-state index contributed by atoms with van der Waals surface area (Å²) in [6, 6.07) is 0. The fraction of sp³-hybridized carbons (Fsp3) is 0.981. The van der Waals surface area contributed by atoms with Gasteiger partial charge in [0.05, 0.1) is 13.2 Å². The molecule has 0 bridgehead atoms. The molecule has 1 aliphatic rings. The predicted molar refractivity (Wildman–Crippen MR) is 267 cm³/mol. The van der Waals surface area contributed by atoms with Gasteiger partial charge in [0.2, 0.25) is 0 Å². The molecular formula is C53H105O12P. The first-order chi connectivity index (χ1) is 32.0. The molecule has 1 fully saturated rings. The van der Waals surface area contributed by atoms with Crippen LogP contribution in [0.4, 0.5) is 0 Å². The van der Waals surface area contributed by atoms with E-state index in [9.17, 15) is 39.8 Å². The SMILES string of the molecule is CCCCCCCCCCCCCCCCCCCCCCCCCCCC(=O)O[C@H](COCCCCCCCCCCCCCCCC)COP(=O)(O)OC1C(O)C(O)C(O)[C@@H](O)C1O. The van der Waals surface area contributed by atoms with Gasteiger partial charge in [0.1, 0.15) is 42.7 Å². The van der Waals surface area contributed by atoms with Gasteiger partial charge in [0, 0.05) is 13.0 Å². The number of hydrogen-bond donors (Lipinski definition) is 6. The number of unbranched alkanes of at least 4 members (excludes halogenated alkanes) is 37. The van der Waals surface area contributed by atoms with Gasteiger partial charge in [0.25, 0.3) is 0 Å². The molecule has 0 aromatic carbocycles. The summed E-state index contributed by atoms with van der Waals surface area (Å²) in [6.45, 7) is 4.33. The smallest absolute Gasteiger partial charge is 0.457 e. The third kappa shape index (κ3) is 35.4. The number of carbonyl (C=O) groups is 1. The van der Waals surface area contributed by atoms with Gasteiger partial charge in [-0.1, -0.05) is 251 Å². The summed E-state index contributed by atoms with van der Waals surface area (Å²) in [4.78, 5) is 23.3. The van der Waals surface area contributed by atoms with Gasteiger partial charge in [0.15, 0.2) is 0 Å². The van der Waals surface area contributed by atoms with Gasteiger partial charge in [-0.3, -0.25) is 13.8 Å². The standard InChI is InChI=1S/C53H105O12P/c1-3-5-7-9-11-13-15-17-19-20-21-22-23-24-25-26-27-28-29-30-32-34-36-38-40-42-47(54)64-46(44-62-43-41-39-37-35-33-31-18-16-14-12-10-8-6-4-2)45-63-66(60,61)65-53-51(58)49(56)48(55)50(57)52(53)59/h46,48-53,55-59H,3-45H2,1-2H3,(H,60,61)/t46-,48?,49-,50?,51?,52?,53?/m1/s1. The fourth-order valence-electron chi connectivity index (χ4n) is 9.07. The lowest BCUT2D eigenvalue weighted by molar-refractivity contribution is -0.220. The van der Waals surface area contributed by atoms with Crippen LogP contribution in [0, 0.1) is 0 Å². The number of rotatable bonds is 49. The van der Waals surface area contributed by atoms with Gasteiger partial charge in [-0.15, -0.1) is 0 Å². The van der Waals surface area contributed by atoms with E-state index in [0.29, 0.717) is 13.0 Å². The van der Waals surface area contributed by atoms with E-state index in [0.717, 1.165) is 38.5 Å². The molecule has 13 heteroatoms. The quantitative estimate of drug-likeness (QED) is 0.0192. The maximum Gasteiger partial charge on any atom is 0.472 e. The number of aliphatic hydroxyl groups excluding tert-OH is 5. The maximum atomic E-state index is 12.9. The number of phosphoric ester groups is 1. The van der Waals surface area contributed by atoms with Crippen LogP contribution in [0.25, 0.3) is 0 Å². The molecular weight excluding hydrogens is 860 g/mol. The molecule has 0 aromatic rings. The zero-order chi connectivity index (χ0) is 48.4. The summed E-state index contributed by atoms with van der Waals surface area (Å²) in [5.41, 5.74) is 0. The number of esters is 1. The van der Waals surface area contributed by atoms with E-state index in [1.807, 2.05) is 0 Å². The summed E-state index contributed by atoms with van der Waals surface area (Å²) >= 11 is 0. The molecule has 0 aliphatic heterocycles. The van der Waals surface area contributed by atoms with E-state index < -0.39 is 63.1 Å². The molecule has 0 saturated heterocycles. The van der Waals surface area contributed by atoms with Crippen LogP contribution in [0.1, 0.15) is 271 Å². The van der Waals surface area contributed by atoms with Crippen LogP contribution in [0.2, 0.25) is 0 Å². The summed E-state index contributed by atoms with van der Waals surface area (Å²) in [6.07, 6.45) is 37.5. The lowest BCUT2D eigenvalue weighted by Gasteiger charge is -2.41. The minimum atomic E-state index is -5.01. The topological polar surface area (TPSA) is 192 Å². The number of hydrogen-bond acceptors (Lipinski definition) is 11. The van der Waals surface area contributed by atoms with Crippen molar-refractivity contribution in [2.24, 2.45) is 0 Å². The Morgan fingerprint density at radius 2 is 0.712 bits per heavy atom. The highest BCUT2D eigenvalue weighted by molar-refractivity contribution is 7.47. The van der Waals surface area contributed by atoms with Crippen molar-refractivity contribution in [3.05, 3.63) is 0 Å². The first kappa shape index (κ1) is 63.4. The van der Waals surface area contributed by atoms with E-state index >= 15 is 0 Å². The Labute approximate surface area is 404 Å². The molecule has 0 radical (unpaired) electrons. The van der Waals surface area contributed by atoms with Crippen molar-refractivity contribution in [3.63, 3.8) is 0 Å². The van der Waals surface area contributed by atoms with Crippen molar-refractivity contribution in [2.75, 3.05) is 19.8 Å². The van der Waals surface area contributed by atoms with Crippen molar-refractivity contribution < 1.29 is 58.3 Å². The molecule has 0 amide bonds. The van der Waals surface area contributed by atoms with E-state index in [1.54, 1.807) is 0 Å². The Bertz CT molecular complexity index is 1100. The van der Waals surface area contributed by atoms with Crippen LogP contribution >= 0.6 is 7.82 Å². The normalized spacial score (nSPS) is 21.3. The number of phosphoric acid groups is 1. The Morgan fingerprint density at radius 1 is 0.424 bits per heavy atom. The molecule has 1 saturated carbocycles. The van der Waals surface area contributed by atoms with Crippen LogP contribution in [-0.4, -0.2) is 98.9 Å². The van der Waals surface area contributed by atoms with Crippen molar-refractivity contribution in [1.29, 1.82) is 0 Å². The number of carbonyl (C=O) groups excluding carboxylic acids is 1. The van der Waals surface area contributed by atoms with Crippen LogP contribution in [0.3, 0.4) is 0 Å². The molecule has 0 heterocycles. The molecule has 6 N–H and O–H groups in total. The summed E-state index contributed by atoms with van der Waals surface area (Å²) < 4.78 is 34.3. The second-order valence-electron chi connectivity index (χ2n) is 19.8. The lowest BCUT2D eigenvalue weighted by atomic mass is 9.85. The minimum absolute atomic E-state index is 0.0675. The third-order valence-corrected chi connectivity index (χ3v) is 14.5. The highest BCUT2D eigenvalue weighted by atomic mass is 31.2.